The van der Waals surface area contributed by atoms with Gasteiger partial charge in [-0.05, 0) is 44.4 Å². The Balaban J connectivity index is 1.65. The van der Waals surface area contributed by atoms with Crippen molar-refractivity contribution in [2.45, 2.75) is 46.1 Å². The lowest BCUT2D eigenvalue weighted by Gasteiger charge is -2.30. The van der Waals surface area contributed by atoms with Crippen LogP contribution in [0.2, 0.25) is 0 Å². The van der Waals surface area contributed by atoms with Gasteiger partial charge in [0.05, 0.1) is 23.0 Å². The second-order valence-corrected chi connectivity index (χ2v) is 8.23. The summed E-state index contributed by atoms with van der Waals surface area (Å²) in [5.74, 6) is -0.400. The molecule has 8 heteroatoms. The van der Waals surface area contributed by atoms with E-state index in [0.29, 0.717) is 34.7 Å². The number of carbonyl (C=O) groups excluding carboxylic acids is 3. The maximum atomic E-state index is 13.3. The molecule has 3 amide bonds. The van der Waals surface area contributed by atoms with Crippen LogP contribution in [0.1, 0.15) is 59.5 Å². The third kappa shape index (κ3) is 3.81. The normalized spacial score (nSPS) is 20.9. The summed E-state index contributed by atoms with van der Waals surface area (Å²) in [6.07, 6.45) is 4.79. The quantitative estimate of drug-likeness (QED) is 0.788. The Hall–Kier alpha value is -3.16. The van der Waals surface area contributed by atoms with Crippen molar-refractivity contribution in [3.8, 4) is 0 Å². The first-order valence-corrected chi connectivity index (χ1v) is 10.3. The van der Waals surface area contributed by atoms with Gasteiger partial charge in [0.2, 0.25) is 5.91 Å². The van der Waals surface area contributed by atoms with E-state index < -0.39 is 12.0 Å². The minimum absolute atomic E-state index is 0.189. The molecule has 2 atom stereocenters. The lowest BCUT2D eigenvalue weighted by molar-refractivity contribution is -0.119. The minimum Gasteiger partial charge on any atom is -0.364 e. The summed E-state index contributed by atoms with van der Waals surface area (Å²) in [5, 5.41) is 9.60. The van der Waals surface area contributed by atoms with Gasteiger partial charge < -0.3 is 20.1 Å². The van der Waals surface area contributed by atoms with Crippen molar-refractivity contribution in [1.29, 1.82) is 0 Å². The fourth-order valence-electron chi connectivity index (χ4n) is 3.72. The van der Waals surface area contributed by atoms with Gasteiger partial charge in [-0.2, -0.15) is 0 Å². The molecular weight excluding hydrogens is 384 g/mol. The van der Waals surface area contributed by atoms with Gasteiger partial charge >= 0.3 is 0 Å². The maximum absolute atomic E-state index is 13.3. The number of fused-ring (bicyclic) bond motifs is 1. The molecule has 2 unspecified atom stereocenters. The average molecular weight is 410 g/mol. The number of carbonyl (C=O) groups is 3. The Labute approximate surface area is 175 Å². The summed E-state index contributed by atoms with van der Waals surface area (Å²) in [5.41, 5.74) is 2.25. The minimum atomic E-state index is -0.447. The van der Waals surface area contributed by atoms with Gasteiger partial charge in [-0.15, -0.1) is 0 Å². The van der Waals surface area contributed by atoms with E-state index in [9.17, 15) is 14.4 Å². The van der Waals surface area contributed by atoms with Gasteiger partial charge in [-0.25, -0.2) is 0 Å². The summed E-state index contributed by atoms with van der Waals surface area (Å²) in [4.78, 5) is 40.1. The second-order valence-electron chi connectivity index (χ2n) is 8.23. The highest BCUT2D eigenvalue weighted by Crippen LogP contribution is 2.36. The highest BCUT2D eigenvalue weighted by atomic mass is 16.5. The molecule has 2 aliphatic rings. The smallest absolute Gasteiger partial charge is 0.263 e. The maximum Gasteiger partial charge on any atom is 0.263 e. The van der Waals surface area contributed by atoms with E-state index in [1.807, 2.05) is 6.92 Å². The predicted octanol–water partition coefficient (Wildman–Crippen LogP) is 3.14. The Morgan fingerprint density at radius 3 is 2.73 bits per heavy atom. The second kappa shape index (κ2) is 7.93. The van der Waals surface area contributed by atoms with Crippen molar-refractivity contribution in [3.05, 3.63) is 41.3 Å². The highest BCUT2D eigenvalue weighted by molar-refractivity contribution is 6.12. The molecule has 1 aromatic heterocycles. The predicted molar refractivity (Wildman–Crippen MR) is 111 cm³/mol. The molecule has 1 aliphatic carbocycles. The molecule has 4 rings (SSSR count). The van der Waals surface area contributed by atoms with Crippen molar-refractivity contribution in [2.24, 2.45) is 11.8 Å². The number of aryl methyl sites for hydroxylation is 1. The summed E-state index contributed by atoms with van der Waals surface area (Å²) >= 11 is 0. The number of benzene rings is 1. The molecule has 0 saturated heterocycles. The topological polar surface area (TPSA) is 105 Å². The van der Waals surface area contributed by atoms with Gasteiger partial charge in [-0.1, -0.05) is 24.9 Å². The lowest BCUT2D eigenvalue weighted by atomic mass is 10.0. The fourth-order valence-corrected chi connectivity index (χ4v) is 3.72. The molecule has 158 valence electrons. The van der Waals surface area contributed by atoms with E-state index >= 15 is 0 Å². The summed E-state index contributed by atoms with van der Waals surface area (Å²) in [6.45, 7) is 5.94. The van der Waals surface area contributed by atoms with Crippen LogP contribution in [-0.4, -0.2) is 35.5 Å². The van der Waals surface area contributed by atoms with Crippen LogP contribution >= 0.6 is 0 Å². The highest BCUT2D eigenvalue weighted by Gasteiger charge is 2.36. The third-order valence-corrected chi connectivity index (χ3v) is 6.05. The van der Waals surface area contributed by atoms with Crippen LogP contribution in [0.15, 0.2) is 29.0 Å². The van der Waals surface area contributed by atoms with Crippen LogP contribution in [0.3, 0.4) is 0 Å². The van der Waals surface area contributed by atoms with Crippen molar-refractivity contribution in [3.63, 3.8) is 0 Å². The number of anilines is 2. The molecule has 2 N–H and O–H groups in total. The molecule has 30 heavy (non-hydrogen) atoms. The standard InChI is InChI=1S/C22H26N4O4/c1-12-14(3)26(22(29)17-11-30-25-13(17)2)19-7-6-16(10-18(19)24-20(12)27)21(28)23-9-8-15-4-5-15/h6-7,10-12,14-15H,4-5,8-9H2,1-3H3,(H,23,28)(H,24,27). The van der Waals surface area contributed by atoms with Crippen LogP contribution in [0, 0.1) is 18.8 Å². The lowest BCUT2D eigenvalue weighted by Crippen LogP contribution is -2.43. The van der Waals surface area contributed by atoms with Crippen LogP contribution in [-0.2, 0) is 4.79 Å². The van der Waals surface area contributed by atoms with E-state index in [1.54, 1.807) is 36.9 Å². The Kier molecular flexibility index (Phi) is 5.32. The SMILES string of the molecule is Cc1nocc1C(=O)N1c2ccc(C(=O)NCCC3CC3)cc2NC(=O)C(C)C1C. The average Bonchev–Trinajstić information content (AvgIpc) is 3.46. The fraction of sp³-hybridized carbons (Fsp3) is 0.455. The molecule has 0 radical (unpaired) electrons. The first-order chi connectivity index (χ1) is 14.4. The van der Waals surface area contributed by atoms with E-state index in [-0.39, 0.29) is 17.7 Å². The first-order valence-electron chi connectivity index (χ1n) is 10.3. The number of nitrogens with zero attached hydrogens (tertiary/aromatic N) is 2. The molecule has 2 heterocycles. The van der Waals surface area contributed by atoms with Crippen LogP contribution in [0.5, 0.6) is 0 Å². The zero-order valence-corrected chi connectivity index (χ0v) is 17.4. The molecule has 1 aromatic carbocycles. The first kappa shape index (κ1) is 20.1. The van der Waals surface area contributed by atoms with E-state index in [1.165, 1.54) is 19.1 Å². The van der Waals surface area contributed by atoms with Gasteiger partial charge in [-0.3, -0.25) is 14.4 Å². The Morgan fingerprint density at radius 2 is 2.07 bits per heavy atom. The van der Waals surface area contributed by atoms with Crippen molar-refractivity contribution in [1.82, 2.24) is 10.5 Å². The van der Waals surface area contributed by atoms with Gasteiger partial charge in [0, 0.05) is 18.2 Å². The number of nitrogens with one attached hydrogen (secondary N) is 2. The Morgan fingerprint density at radius 1 is 1.30 bits per heavy atom. The Bertz CT molecular complexity index is 995. The molecule has 1 fully saturated rings. The van der Waals surface area contributed by atoms with E-state index in [4.69, 9.17) is 4.52 Å². The number of hydrogen-bond donors (Lipinski definition) is 2. The zero-order chi connectivity index (χ0) is 21.4. The van der Waals surface area contributed by atoms with Crippen molar-refractivity contribution in [2.75, 3.05) is 16.8 Å². The van der Waals surface area contributed by atoms with Crippen LogP contribution in [0.25, 0.3) is 0 Å². The molecule has 0 spiro atoms. The van der Waals surface area contributed by atoms with Crippen molar-refractivity contribution < 1.29 is 18.9 Å². The number of rotatable bonds is 5. The molecule has 2 aromatic rings. The van der Waals surface area contributed by atoms with E-state index in [0.717, 1.165) is 12.3 Å². The van der Waals surface area contributed by atoms with Gasteiger partial charge in [0.25, 0.3) is 11.8 Å². The summed E-state index contributed by atoms with van der Waals surface area (Å²) < 4.78 is 4.94. The number of amides is 3. The van der Waals surface area contributed by atoms with E-state index in [2.05, 4.69) is 15.8 Å². The summed E-state index contributed by atoms with van der Waals surface area (Å²) in [7, 11) is 0. The third-order valence-electron chi connectivity index (χ3n) is 6.05. The molecule has 1 aliphatic heterocycles. The van der Waals surface area contributed by atoms with Crippen molar-refractivity contribution >= 4 is 29.1 Å². The molecule has 1 saturated carbocycles. The molecule has 0 bridgehead atoms. The largest absolute Gasteiger partial charge is 0.364 e. The number of hydrogen-bond acceptors (Lipinski definition) is 5. The zero-order valence-electron chi connectivity index (χ0n) is 17.4. The van der Waals surface area contributed by atoms with Crippen LogP contribution in [0.4, 0.5) is 11.4 Å². The molecule has 8 nitrogen and oxygen atoms in total. The van der Waals surface area contributed by atoms with Crippen LogP contribution < -0.4 is 15.5 Å². The van der Waals surface area contributed by atoms with Gasteiger partial charge in [0.1, 0.15) is 11.8 Å². The monoisotopic (exact) mass is 410 g/mol. The number of aromatic nitrogens is 1. The van der Waals surface area contributed by atoms with Gasteiger partial charge in [0.15, 0.2) is 0 Å². The summed E-state index contributed by atoms with van der Waals surface area (Å²) in [6, 6.07) is 4.62. The molecular formula is C22H26N4O4.